The van der Waals surface area contributed by atoms with E-state index in [0.717, 1.165) is 21.6 Å². The lowest BCUT2D eigenvalue weighted by Gasteiger charge is -2.30. The minimum atomic E-state index is -1.21. The topological polar surface area (TPSA) is 125 Å². The van der Waals surface area contributed by atoms with Crippen LogP contribution in [0, 0.1) is 11.8 Å². The van der Waals surface area contributed by atoms with E-state index in [1.165, 1.54) is 42.7 Å². The van der Waals surface area contributed by atoms with Crippen LogP contribution in [-0.4, -0.2) is 73.8 Å². The van der Waals surface area contributed by atoms with Crippen molar-refractivity contribution in [3.05, 3.63) is 41.9 Å². The second-order valence-electron chi connectivity index (χ2n) is 15.3. The highest BCUT2D eigenvalue weighted by atomic mass is 32.1. The Labute approximate surface area is 298 Å². The molecule has 3 fully saturated rings. The van der Waals surface area contributed by atoms with E-state index in [4.69, 9.17) is 24.2 Å². The Hall–Kier alpha value is -3.93. The SMILES string of the molecule is C=CC1CC1(NC(=O)C1C(C)C(Oc2nc3c(-c4nc(C5CCCCC5)cs4)cccc3n2C(C)C)CN1C(=O)OC(C)(C)C)C(=O)OCC. The summed E-state index contributed by atoms with van der Waals surface area (Å²) in [4.78, 5) is 52.3. The van der Waals surface area contributed by atoms with Crippen molar-refractivity contribution in [3.8, 4) is 16.6 Å². The van der Waals surface area contributed by atoms with Crippen molar-refractivity contribution in [1.82, 2.24) is 24.8 Å². The van der Waals surface area contributed by atoms with Gasteiger partial charge in [-0.3, -0.25) is 14.3 Å². The van der Waals surface area contributed by atoms with Crippen molar-refractivity contribution >= 4 is 40.3 Å². The van der Waals surface area contributed by atoms with Crippen LogP contribution >= 0.6 is 11.3 Å². The van der Waals surface area contributed by atoms with E-state index < -0.39 is 47.2 Å². The van der Waals surface area contributed by atoms with Crippen LogP contribution < -0.4 is 10.1 Å². The fraction of sp³-hybridized carbons (Fsp3) is 0.605. The van der Waals surface area contributed by atoms with Gasteiger partial charge in [-0.25, -0.2) is 14.6 Å². The summed E-state index contributed by atoms with van der Waals surface area (Å²) in [5.41, 5.74) is 1.85. The number of thiazole rings is 1. The number of para-hydroxylation sites is 1. The number of aromatic nitrogens is 3. The van der Waals surface area contributed by atoms with Crippen LogP contribution in [0.3, 0.4) is 0 Å². The van der Waals surface area contributed by atoms with Gasteiger partial charge in [0.15, 0.2) is 0 Å². The summed E-state index contributed by atoms with van der Waals surface area (Å²) in [6.45, 7) is 17.2. The molecule has 2 amide bonds. The predicted octanol–water partition coefficient (Wildman–Crippen LogP) is 7.42. The van der Waals surface area contributed by atoms with E-state index in [1.54, 1.807) is 45.1 Å². The zero-order chi connectivity index (χ0) is 36.0. The summed E-state index contributed by atoms with van der Waals surface area (Å²) < 4.78 is 19.9. The Morgan fingerprint density at radius 2 is 1.90 bits per heavy atom. The first-order valence-electron chi connectivity index (χ1n) is 18.0. The lowest BCUT2D eigenvalue weighted by atomic mass is 9.87. The van der Waals surface area contributed by atoms with Gasteiger partial charge in [-0.15, -0.1) is 17.9 Å². The van der Waals surface area contributed by atoms with Crippen LogP contribution in [-0.2, 0) is 19.1 Å². The number of carbonyl (C=O) groups is 3. The number of likely N-dealkylation sites (tertiary alicyclic amines) is 1. The number of nitrogens with zero attached hydrogens (tertiary/aromatic N) is 4. The maximum Gasteiger partial charge on any atom is 0.411 e. The van der Waals surface area contributed by atoms with E-state index in [2.05, 4.69) is 41.8 Å². The first-order chi connectivity index (χ1) is 23.8. The van der Waals surface area contributed by atoms with Gasteiger partial charge < -0.3 is 19.5 Å². The molecule has 50 heavy (non-hydrogen) atoms. The highest BCUT2D eigenvalue weighted by molar-refractivity contribution is 7.13. The normalized spacial score (nSPS) is 25.5. The Morgan fingerprint density at radius 3 is 2.54 bits per heavy atom. The van der Waals surface area contributed by atoms with Gasteiger partial charge in [0.2, 0.25) is 5.91 Å². The molecular weight excluding hydrogens is 655 g/mol. The van der Waals surface area contributed by atoms with Crippen molar-refractivity contribution in [2.45, 2.75) is 122 Å². The monoisotopic (exact) mass is 705 g/mol. The number of rotatable bonds is 10. The molecule has 6 rings (SSSR count). The minimum absolute atomic E-state index is 0.00671. The van der Waals surface area contributed by atoms with E-state index in [0.29, 0.717) is 18.3 Å². The Kier molecular flexibility index (Phi) is 10.0. The standard InChI is InChI=1S/C38H51N5O6S/c1-9-25-19-38(25,34(45)47-10-2)41-32(44)31-23(5)29(20-42(31)36(46)49-37(6,7)8)48-35-40-30-26(17-14-18-28(30)43(35)22(3)4)33-39-27(21-50-33)24-15-12-11-13-16-24/h9,14,17-18,21-25,29,31H,1,10-13,15-16,19-20H2,2-8H3,(H,41,44). The van der Waals surface area contributed by atoms with Crippen LogP contribution in [0.4, 0.5) is 4.79 Å². The molecule has 12 heteroatoms. The van der Waals surface area contributed by atoms with E-state index in [1.807, 2.05) is 19.1 Å². The lowest BCUT2D eigenvalue weighted by molar-refractivity contribution is -0.149. The number of hydrogen-bond acceptors (Lipinski definition) is 9. The Bertz CT molecular complexity index is 1750. The number of esters is 1. The van der Waals surface area contributed by atoms with Gasteiger partial charge in [-0.1, -0.05) is 38.3 Å². The summed E-state index contributed by atoms with van der Waals surface area (Å²) in [6.07, 6.45) is 6.98. The number of nitrogens with one attached hydrogen (secondary N) is 1. The number of benzene rings is 1. The molecule has 3 aromatic rings. The molecule has 1 N–H and O–H groups in total. The third-order valence-corrected chi connectivity index (χ3v) is 11.1. The molecule has 0 radical (unpaired) electrons. The highest BCUT2D eigenvalue weighted by Crippen LogP contribution is 2.46. The van der Waals surface area contributed by atoms with E-state index >= 15 is 0 Å². The molecule has 1 saturated heterocycles. The molecule has 3 heterocycles. The quantitative estimate of drug-likeness (QED) is 0.171. The highest BCUT2D eigenvalue weighted by Gasteiger charge is 2.62. The van der Waals surface area contributed by atoms with Gasteiger partial charge in [0, 0.05) is 34.7 Å². The molecule has 0 bridgehead atoms. The maximum atomic E-state index is 14.1. The number of amides is 2. The molecule has 3 aliphatic rings. The number of ether oxygens (including phenoxy) is 3. The summed E-state index contributed by atoms with van der Waals surface area (Å²) in [5.74, 6) is -1.20. The summed E-state index contributed by atoms with van der Waals surface area (Å²) >= 11 is 1.65. The van der Waals surface area contributed by atoms with E-state index in [-0.39, 0.29) is 25.1 Å². The number of imidazole rings is 1. The first-order valence-corrected chi connectivity index (χ1v) is 18.9. The molecule has 2 saturated carbocycles. The van der Waals surface area contributed by atoms with Gasteiger partial charge in [-0.05, 0) is 72.9 Å². The number of carbonyl (C=O) groups excluding carboxylic acids is 3. The van der Waals surface area contributed by atoms with Crippen LogP contribution in [0.1, 0.15) is 105 Å². The molecule has 5 atom stereocenters. The van der Waals surface area contributed by atoms with Crippen LogP contribution in [0.5, 0.6) is 6.01 Å². The Balaban J connectivity index is 1.31. The van der Waals surface area contributed by atoms with E-state index in [9.17, 15) is 14.4 Å². The van der Waals surface area contributed by atoms with Gasteiger partial charge in [0.05, 0.1) is 24.4 Å². The minimum Gasteiger partial charge on any atom is -0.464 e. The lowest BCUT2D eigenvalue weighted by Crippen LogP contribution is -2.55. The van der Waals surface area contributed by atoms with Crippen LogP contribution in [0.15, 0.2) is 36.2 Å². The van der Waals surface area contributed by atoms with Crippen molar-refractivity contribution < 1.29 is 28.6 Å². The Morgan fingerprint density at radius 1 is 1.16 bits per heavy atom. The van der Waals surface area contributed by atoms with Crippen molar-refractivity contribution in [2.24, 2.45) is 11.8 Å². The third-order valence-electron chi connectivity index (χ3n) is 10.2. The molecular formula is C38H51N5O6S. The fourth-order valence-electron chi connectivity index (χ4n) is 7.53. The van der Waals surface area contributed by atoms with Gasteiger partial charge in [-0.2, -0.15) is 4.98 Å². The van der Waals surface area contributed by atoms with Gasteiger partial charge in [0.1, 0.15) is 33.8 Å². The number of hydrogen-bond donors (Lipinski definition) is 1. The predicted molar refractivity (Wildman–Crippen MR) is 193 cm³/mol. The molecule has 1 aromatic carbocycles. The molecule has 1 aliphatic heterocycles. The zero-order valence-electron chi connectivity index (χ0n) is 30.4. The first kappa shape index (κ1) is 35.9. The van der Waals surface area contributed by atoms with Crippen molar-refractivity contribution in [2.75, 3.05) is 13.2 Å². The zero-order valence-corrected chi connectivity index (χ0v) is 31.2. The summed E-state index contributed by atoms with van der Waals surface area (Å²) in [7, 11) is 0. The summed E-state index contributed by atoms with van der Waals surface area (Å²) in [6, 6.07) is 5.58. The largest absolute Gasteiger partial charge is 0.464 e. The third kappa shape index (κ3) is 6.87. The molecule has 11 nitrogen and oxygen atoms in total. The molecule has 0 spiro atoms. The average molecular weight is 706 g/mol. The van der Waals surface area contributed by atoms with Crippen LogP contribution in [0.25, 0.3) is 21.6 Å². The molecule has 2 aliphatic carbocycles. The number of fused-ring (bicyclic) bond motifs is 1. The van der Waals surface area contributed by atoms with Crippen molar-refractivity contribution in [1.29, 1.82) is 0 Å². The van der Waals surface area contributed by atoms with Gasteiger partial charge >= 0.3 is 12.1 Å². The maximum absolute atomic E-state index is 14.1. The second kappa shape index (κ2) is 14.0. The van der Waals surface area contributed by atoms with Crippen molar-refractivity contribution in [3.63, 3.8) is 0 Å². The van der Waals surface area contributed by atoms with Gasteiger partial charge in [0.25, 0.3) is 6.01 Å². The molecule has 270 valence electrons. The fourth-order valence-corrected chi connectivity index (χ4v) is 8.46. The average Bonchev–Trinajstić information content (AvgIpc) is 3.35. The summed E-state index contributed by atoms with van der Waals surface area (Å²) in [5, 5.41) is 6.08. The molecule has 2 aromatic heterocycles. The van der Waals surface area contributed by atoms with Crippen LogP contribution in [0.2, 0.25) is 0 Å². The second-order valence-corrected chi connectivity index (χ2v) is 16.1. The molecule has 5 unspecified atom stereocenters. The smallest absolute Gasteiger partial charge is 0.411 e.